The second-order valence-electron chi connectivity index (χ2n) is 12.2. The Bertz CT molecular complexity index is 1540. The molecule has 0 bridgehead atoms. The topological polar surface area (TPSA) is 147 Å². The number of nitrogens with zero attached hydrogens (tertiary/aromatic N) is 8. The van der Waals surface area contributed by atoms with Gasteiger partial charge in [0.25, 0.3) is 0 Å². The van der Waals surface area contributed by atoms with Gasteiger partial charge in [-0.1, -0.05) is 6.07 Å². The number of piperazine rings is 1. The van der Waals surface area contributed by atoms with Crippen LogP contribution >= 0.6 is 0 Å². The number of nitrogens with two attached hydrogens (primary N) is 1. The number of ether oxygens (including phenoxy) is 2. The minimum absolute atomic E-state index is 0.276. The molecular formula is C31H41N9O3. The van der Waals surface area contributed by atoms with E-state index in [1.165, 1.54) is 6.20 Å². The van der Waals surface area contributed by atoms with Crippen molar-refractivity contribution < 1.29 is 14.3 Å². The van der Waals surface area contributed by atoms with E-state index in [9.17, 15) is 10.1 Å². The molecule has 2 N–H and O–H groups in total. The molecule has 4 rings (SSSR count). The van der Waals surface area contributed by atoms with Gasteiger partial charge in [0.15, 0.2) is 0 Å². The molecule has 3 aromatic rings. The normalized spacial score (nSPS) is 16.2. The fourth-order valence-corrected chi connectivity index (χ4v) is 4.92. The molecule has 43 heavy (non-hydrogen) atoms. The van der Waals surface area contributed by atoms with E-state index < -0.39 is 11.7 Å². The first-order valence-corrected chi connectivity index (χ1v) is 14.3. The average molecular weight is 588 g/mol. The zero-order valence-corrected chi connectivity index (χ0v) is 26.0. The Balaban J connectivity index is 1.52. The summed E-state index contributed by atoms with van der Waals surface area (Å²) in [6.45, 7) is 16.8. The number of fused-ring (bicyclic) bond motifs is 1. The molecule has 1 saturated heterocycles. The number of carbonyl (C=O) groups is 1. The van der Waals surface area contributed by atoms with E-state index in [1.807, 2.05) is 58.9 Å². The molecule has 1 aliphatic rings. The Labute approximate surface area is 252 Å². The van der Waals surface area contributed by atoms with Crippen LogP contribution in [0.25, 0.3) is 5.65 Å². The standard InChI is InChI=1S/C31H41N9O3/c1-21(36-20-31(6,7)39-14-12-38(13-15-39)29(41)43-30(3,4)5)28(37-33)23-16-26-35-19-24(18-32)40(26)27(17-23)42-22(2)25-10-8-9-11-34-25/h8-11,16-17,19,22H,12-15,20,33H2,1-7H3/b36-21?,37-28+. The number of amides is 1. The van der Waals surface area contributed by atoms with Gasteiger partial charge in [-0.3, -0.25) is 19.3 Å². The SMILES string of the molecule is CC(=NCC(C)(C)N1CCN(C(=O)OC(C)(C)C)CC1)/C(=N\N)c1cc(OC(C)c2ccccn2)n2c(C#N)cnc2c1. The third-order valence-electron chi connectivity index (χ3n) is 7.33. The largest absolute Gasteiger partial charge is 0.469 e. The van der Waals surface area contributed by atoms with E-state index in [0.29, 0.717) is 66.9 Å². The lowest BCUT2D eigenvalue weighted by molar-refractivity contribution is 0.00317. The fraction of sp³-hybridized carbons (Fsp3) is 0.484. The summed E-state index contributed by atoms with van der Waals surface area (Å²) in [5.41, 5.74) is 2.63. The lowest BCUT2D eigenvalue weighted by atomic mass is 10.0. The van der Waals surface area contributed by atoms with Crippen molar-refractivity contribution in [1.82, 2.24) is 24.2 Å². The Hall–Kier alpha value is -4.50. The molecule has 0 radical (unpaired) electrons. The summed E-state index contributed by atoms with van der Waals surface area (Å²) < 4.78 is 13.5. The first-order valence-electron chi connectivity index (χ1n) is 14.3. The number of hydrogen-bond donors (Lipinski definition) is 1. The van der Waals surface area contributed by atoms with Crippen LogP contribution in [0.5, 0.6) is 5.88 Å². The number of aromatic nitrogens is 3. The van der Waals surface area contributed by atoms with Crippen molar-refractivity contribution >= 4 is 23.2 Å². The van der Waals surface area contributed by atoms with Crippen molar-refractivity contribution in [3.8, 4) is 11.9 Å². The van der Waals surface area contributed by atoms with Crippen LogP contribution in [0.4, 0.5) is 4.79 Å². The second kappa shape index (κ2) is 12.8. The minimum Gasteiger partial charge on any atom is -0.469 e. The third-order valence-corrected chi connectivity index (χ3v) is 7.33. The van der Waals surface area contributed by atoms with Gasteiger partial charge < -0.3 is 20.2 Å². The van der Waals surface area contributed by atoms with Crippen LogP contribution < -0.4 is 10.6 Å². The molecule has 0 spiro atoms. The molecule has 0 aliphatic carbocycles. The van der Waals surface area contributed by atoms with Crippen molar-refractivity contribution in [2.24, 2.45) is 15.9 Å². The molecule has 3 aromatic heterocycles. The molecule has 1 fully saturated rings. The van der Waals surface area contributed by atoms with E-state index in [-0.39, 0.29) is 11.6 Å². The van der Waals surface area contributed by atoms with E-state index in [1.54, 1.807) is 21.6 Å². The second-order valence-corrected chi connectivity index (χ2v) is 12.2. The fourth-order valence-electron chi connectivity index (χ4n) is 4.92. The minimum atomic E-state index is -0.521. The van der Waals surface area contributed by atoms with E-state index in [0.717, 1.165) is 5.69 Å². The summed E-state index contributed by atoms with van der Waals surface area (Å²) in [7, 11) is 0. The van der Waals surface area contributed by atoms with Crippen LogP contribution in [0.15, 0.2) is 52.8 Å². The molecule has 228 valence electrons. The van der Waals surface area contributed by atoms with Crippen LogP contribution in [0.3, 0.4) is 0 Å². The molecule has 4 heterocycles. The molecule has 1 amide bonds. The Kier molecular flexibility index (Phi) is 9.35. The summed E-state index contributed by atoms with van der Waals surface area (Å²) in [5.74, 6) is 6.32. The molecule has 12 nitrogen and oxygen atoms in total. The lowest BCUT2D eigenvalue weighted by Crippen LogP contribution is -2.57. The number of imidazole rings is 1. The summed E-state index contributed by atoms with van der Waals surface area (Å²) in [6, 6.07) is 11.4. The Morgan fingerprint density at radius 1 is 1.14 bits per heavy atom. The maximum atomic E-state index is 12.5. The van der Waals surface area contributed by atoms with Gasteiger partial charge in [-0.2, -0.15) is 10.4 Å². The van der Waals surface area contributed by atoms with Crippen LogP contribution in [-0.4, -0.2) is 85.5 Å². The zero-order valence-electron chi connectivity index (χ0n) is 26.0. The van der Waals surface area contributed by atoms with Crippen LogP contribution in [0.2, 0.25) is 0 Å². The highest BCUT2D eigenvalue weighted by molar-refractivity contribution is 6.47. The van der Waals surface area contributed by atoms with Gasteiger partial charge in [0.1, 0.15) is 34.8 Å². The monoisotopic (exact) mass is 587 g/mol. The predicted molar refractivity (Wildman–Crippen MR) is 165 cm³/mol. The number of hydrazone groups is 1. The highest BCUT2D eigenvalue weighted by Gasteiger charge is 2.33. The highest BCUT2D eigenvalue weighted by atomic mass is 16.6. The van der Waals surface area contributed by atoms with Gasteiger partial charge in [0, 0.05) is 49.5 Å². The molecular weight excluding hydrogens is 546 g/mol. The maximum absolute atomic E-state index is 12.5. The van der Waals surface area contributed by atoms with E-state index in [2.05, 4.69) is 39.9 Å². The number of carbonyl (C=O) groups excluding carboxylic acids is 1. The van der Waals surface area contributed by atoms with Crippen molar-refractivity contribution in [3.05, 3.63) is 59.7 Å². The van der Waals surface area contributed by atoms with E-state index >= 15 is 0 Å². The van der Waals surface area contributed by atoms with Gasteiger partial charge in [0.2, 0.25) is 5.88 Å². The number of rotatable bonds is 8. The first-order chi connectivity index (χ1) is 20.3. The van der Waals surface area contributed by atoms with Gasteiger partial charge in [-0.05, 0) is 66.7 Å². The van der Waals surface area contributed by atoms with Crippen molar-refractivity contribution in [2.75, 3.05) is 32.7 Å². The summed E-state index contributed by atoms with van der Waals surface area (Å²) in [5, 5.41) is 13.8. The molecule has 12 heteroatoms. The highest BCUT2D eigenvalue weighted by Crippen LogP contribution is 2.26. The number of nitriles is 1. The van der Waals surface area contributed by atoms with Crippen LogP contribution in [0, 0.1) is 11.3 Å². The van der Waals surface area contributed by atoms with Crippen molar-refractivity contribution in [1.29, 1.82) is 5.26 Å². The predicted octanol–water partition coefficient (Wildman–Crippen LogP) is 4.20. The quantitative estimate of drug-likeness (QED) is 0.234. The number of aliphatic imine (C=N–C) groups is 1. The summed E-state index contributed by atoms with van der Waals surface area (Å²) in [6.07, 6.45) is 2.54. The van der Waals surface area contributed by atoms with Gasteiger partial charge in [-0.25, -0.2) is 9.78 Å². The molecule has 1 unspecified atom stereocenters. The Morgan fingerprint density at radius 3 is 2.47 bits per heavy atom. The molecule has 0 saturated carbocycles. The van der Waals surface area contributed by atoms with Gasteiger partial charge >= 0.3 is 6.09 Å². The molecule has 1 aliphatic heterocycles. The summed E-state index contributed by atoms with van der Waals surface area (Å²) >= 11 is 0. The lowest BCUT2D eigenvalue weighted by Gasteiger charge is -2.43. The van der Waals surface area contributed by atoms with Crippen LogP contribution in [0.1, 0.15) is 71.5 Å². The van der Waals surface area contributed by atoms with Gasteiger partial charge in [-0.15, -0.1) is 0 Å². The average Bonchev–Trinajstić information content (AvgIpc) is 3.40. The van der Waals surface area contributed by atoms with Crippen molar-refractivity contribution in [2.45, 2.75) is 65.7 Å². The molecule has 1 atom stereocenters. The zero-order chi connectivity index (χ0) is 31.4. The Morgan fingerprint density at radius 2 is 1.86 bits per heavy atom. The smallest absolute Gasteiger partial charge is 0.410 e. The van der Waals surface area contributed by atoms with Crippen molar-refractivity contribution in [3.63, 3.8) is 0 Å². The molecule has 0 aromatic carbocycles. The maximum Gasteiger partial charge on any atom is 0.410 e. The summed E-state index contributed by atoms with van der Waals surface area (Å²) in [4.78, 5) is 30.3. The first kappa shape index (κ1) is 31.4. The third kappa shape index (κ3) is 7.48. The number of hydrogen-bond acceptors (Lipinski definition) is 10. The van der Waals surface area contributed by atoms with Gasteiger partial charge in [0.05, 0.1) is 24.1 Å². The van der Waals surface area contributed by atoms with Crippen LogP contribution in [-0.2, 0) is 4.74 Å². The number of pyridine rings is 2. The van der Waals surface area contributed by atoms with E-state index in [4.69, 9.17) is 20.3 Å².